The van der Waals surface area contributed by atoms with Gasteiger partial charge in [0, 0.05) is 12.6 Å². The van der Waals surface area contributed by atoms with Crippen molar-refractivity contribution >= 4 is 21.9 Å². The van der Waals surface area contributed by atoms with Gasteiger partial charge in [-0.1, -0.05) is 26.7 Å². The van der Waals surface area contributed by atoms with Crippen molar-refractivity contribution in [2.45, 2.75) is 69.9 Å². The normalized spacial score (nSPS) is 20.3. The van der Waals surface area contributed by atoms with E-state index in [1.807, 2.05) is 13.8 Å². The topological polar surface area (TPSA) is 111 Å². The molecule has 1 aromatic carbocycles. The highest BCUT2D eigenvalue weighted by atomic mass is 32.2. The van der Waals surface area contributed by atoms with Gasteiger partial charge in [0.05, 0.1) is 12.7 Å². The lowest BCUT2D eigenvalue weighted by molar-refractivity contribution is -0.129. The quantitative estimate of drug-likeness (QED) is 0.571. The molecule has 1 fully saturated rings. The summed E-state index contributed by atoms with van der Waals surface area (Å²) in [6, 6.07) is 3.90. The van der Waals surface area contributed by atoms with Gasteiger partial charge in [-0.05, 0) is 50.3 Å². The zero-order valence-electron chi connectivity index (χ0n) is 18.1. The molecular formula is C21H32N2O6S. The second-order valence-electron chi connectivity index (χ2n) is 7.69. The molecule has 8 nitrogen and oxygen atoms in total. The summed E-state index contributed by atoms with van der Waals surface area (Å²) in [4.78, 5) is 24.3. The average molecular weight is 441 g/mol. The number of carbonyl (C=O) groups excluding carboxylic acids is 2. The van der Waals surface area contributed by atoms with Crippen LogP contribution < -0.4 is 14.8 Å². The van der Waals surface area contributed by atoms with Crippen molar-refractivity contribution in [1.82, 2.24) is 10.0 Å². The van der Waals surface area contributed by atoms with E-state index in [9.17, 15) is 18.0 Å². The fourth-order valence-corrected chi connectivity index (χ4v) is 5.02. The highest BCUT2D eigenvalue weighted by Crippen LogP contribution is 2.29. The van der Waals surface area contributed by atoms with Crippen molar-refractivity contribution in [2.24, 2.45) is 5.92 Å². The first-order valence-electron chi connectivity index (χ1n) is 10.4. The molecular weight excluding hydrogens is 408 g/mol. The SMILES string of the molecule is CCCNC(=O)C(C)OC(=O)c1ccc(OC)c(S(=O)(=O)NC2CCCCC2C)c1. The highest BCUT2D eigenvalue weighted by molar-refractivity contribution is 7.89. The van der Waals surface area contributed by atoms with Crippen molar-refractivity contribution in [3.63, 3.8) is 0 Å². The number of rotatable bonds is 9. The number of sulfonamides is 1. The van der Waals surface area contributed by atoms with Gasteiger partial charge in [-0.2, -0.15) is 0 Å². The van der Waals surface area contributed by atoms with Crippen LogP contribution in [0.3, 0.4) is 0 Å². The predicted octanol–water partition coefficient (Wildman–Crippen LogP) is 2.62. The molecule has 0 spiro atoms. The molecule has 1 saturated carbocycles. The Hall–Kier alpha value is -2.13. The summed E-state index contributed by atoms with van der Waals surface area (Å²) in [5.74, 6) is -0.815. The van der Waals surface area contributed by atoms with Crippen LogP contribution in [0.1, 0.15) is 63.2 Å². The smallest absolute Gasteiger partial charge is 0.338 e. The lowest BCUT2D eigenvalue weighted by Gasteiger charge is -2.29. The minimum absolute atomic E-state index is 0.0306. The minimum Gasteiger partial charge on any atom is -0.495 e. The van der Waals surface area contributed by atoms with Gasteiger partial charge in [0.25, 0.3) is 5.91 Å². The average Bonchev–Trinajstić information content (AvgIpc) is 2.72. The molecule has 1 aliphatic carbocycles. The maximum atomic E-state index is 13.0. The van der Waals surface area contributed by atoms with Gasteiger partial charge in [0.1, 0.15) is 10.6 Å². The Morgan fingerprint density at radius 2 is 1.93 bits per heavy atom. The van der Waals surface area contributed by atoms with E-state index in [1.54, 1.807) is 0 Å². The molecule has 168 valence electrons. The summed E-state index contributed by atoms with van der Waals surface area (Å²) in [6.07, 6.45) is 3.57. The molecule has 1 aromatic rings. The van der Waals surface area contributed by atoms with Crippen LogP contribution in [0.15, 0.2) is 23.1 Å². The number of methoxy groups -OCH3 is 1. The van der Waals surface area contributed by atoms with Gasteiger partial charge in [-0.3, -0.25) is 4.79 Å². The Balaban J connectivity index is 2.21. The number of benzene rings is 1. The van der Waals surface area contributed by atoms with Crippen LogP contribution in [-0.4, -0.2) is 46.1 Å². The predicted molar refractivity (Wildman–Crippen MR) is 113 cm³/mol. The fourth-order valence-electron chi connectivity index (χ4n) is 3.44. The molecule has 0 aromatic heterocycles. The van der Waals surface area contributed by atoms with Crippen LogP contribution in [0.2, 0.25) is 0 Å². The van der Waals surface area contributed by atoms with Crippen LogP contribution in [0.4, 0.5) is 0 Å². The molecule has 3 atom stereocenters. The summed E-state index contributed by atoms with van der Waals surface area (Å²) in [7, 11) is -2.54. The van der Waals surface area contributed by atoms with Crippen molar-refractivity contribution in [3.8, 4) is 5.75 Å². The first-order chi connectivity index (χ1) is 14.2. The number of hydrogen-bond acceptors (Lipinski definition) is 6. The Kier molecular flexibility index (Phi) is 8.66. The van der Waals surface area contributed by atoms with Crippen molar-refractivity contribution < 1.29 is 27.5 Å². The maximum Gasteiger partial charge on any atom is 0.338 e. The third kappa shape index (κ3) is 6.18. The van der Waals surface area contributed by atoms with Crippen LogP contribution in [0.5, 0.6) is 5.75 Å². The largest absolute Gasteiger partial charge is 0.495 e. The highest BCUT2D eigenvalue weighted by Gasteiger charge is 2.29. The first-order valence-corrected chi connectivity index (χ1v) is 11.9. The van der Waals surface area contributed by atoms with E-state index < -0.39 is 28.0 Å². The molecule has 2 N–H and O–H groups in total. The van der Waals surface area contributed by atoms with E-state index in [4.69, 9.17) is 9.47 Å². The minimum atomic E-state index is -3.91. The second-order valence-corrected chi connectivity index (χ2v) is 9.38. The number of esters is 1. The van der Waals surface area contributed by atoms with E-state index in [-0.39, 0.29) is 28.2 Å². The van der Waals surface area contributed by atoms with E-state index in [1.165, 1.54) is 32.2 Å². The van der Waals surface area contributed by atoms with E-state index >= 15 is 0 Å². The monoisotopic (exact) mass is 440 g/mol. The van der Waals surface area contributed by atoms with Gasteiger partial charge in [-0.15, -0.1) is 0 Å². The van der Waals surface area contributed by atoms with Crippen LogP contribution in [0, 0.1) is 5.92 Å². The summed E-state index contributed by atoms with van der Waals surface area (Å²) >= 11 is 0. The van der Waals surface area contributed by atoms with Crippen LogP contribution >= 0.6 is 0 Å². The van der Waals surface area contributed by atoms with Gasteiger partial charge in [-0.25, -0.2) is 17.9 Å². The van der Waals surface area contributed by atoms with Gasteiger partial charge < -0.3 is 14.8 Å². The molecule has 0 bridgehead atoms. The molecule has 0 heterocycles. The zero-order chi connectivity index (χ0) is 22.3. The van der Waals surface area contributed by atoms with Gasteiger partial charge in [0.2, 0.25) is 10.0 Å². The Bertz CT molecular complexity index is 855. The molecule has 0 radical (unpaired) electrons. The van der Waals surface area contributed by atoms with Crippen LogP contribution in [0.25, 0.3) is 0 Å². The number of ether oxygens (including phenoxy) is 2. The number of amides is 1. The molecule has 30 heavy (non-hydrogen) atoms. The van der Waals surface area contributed by atoms with Crippen molar-refractivity contribution in [1.29, 1.82) is 0 Å². The molecule has 1 amide bonds. The van der Waals surface area contributed by atoms with Crippen LogP contribution in [-0.2, 0) is 19.6 Å². The summed E-state index contributed by atoms with van der Waals surface area (Å²) in [6.45, 7) is 5.90. The summed E-state index contributed by atoms with van der Waals surface area (Å²) in [5.41, 5.74) is 0.0306. The van der Waals surface area contributed by atoms with Gasteiger partial charge in [0.15, 0.2) is 6.10 Å². The lowest BCUT2D eigenvalue weighted by atomic mass is 9.87. The molecule has 2 rings (SSSR count). The summed E-state index contributed by atoms with van der Waals surface area (Å²) in [5, 5.41) is 2.65. The number of hydrogen-bond donors (Lipinski definition) is 2. The number of nitrogens with one attached hydrogen (secondary N) is 2. The Morgan fingerprint density at radius 1 is 1.23 bits per heavy atom. The van der Waals surface area contributed by atoms with Crippen molar-refractivity contribution in [3.05, 3.63) is 23.8 Å². The third-order valence-electron chi connectivity index (χ3n) is 5.31. The first kappa shape index (κ1) is 24.1. The standard InChI is InChI=1S/C21H32N2O6S/c1-5-12-22-20(24)15(3)29-21(25)16-10-11-18(28-4)19(13-16)30(26,27)23-17-9-7-6-8-14(17)2/h10-11,13-15,17,23H,5-9,12H2,1-4H3,(H,22,24). The number of carbonyl (C=O) groups is 2. The fraction of sp³-hybridized carbons (Fsp3) is 0.619. The Morgan fingerprint density at radius 3 is 2.57 bits per heavy atom. The molecule has 0 saturated heterocycles. The zero-order valence-corrected chi connectivity index (χ0v) is 18.9. The van der Waals surface area contributed by atoms with Gasteiger partial charge >= 0.3 is 5.97 Å². The van der Waals surface area contributed by atoms with E-state index in [0.717, 1.165) is 32.1 Å². The lowest BCUT2D eigenvalue weighted by Crippen LogP contribution is -2.41. The maximum absolute atomic E-state index is 13.0. The summed E-state index contributed by atoms with van der Waals surface area (Å²) < 4.78 is 39.3. The third-order valence-corrected chi connectivity index (χ3v) is 6.82. The molecule has 0 aliphatic heterocycles. The Labute approximate surface area is 178 Å². The molecule has 3 unspecified atom stereocenters. The molecule has 9 heteroatoms. The molecule has 1 aliphatic rings. The second kappa shape index (κ2) is 10.8. The van der Waals surface area contributed by atoms with E-state index in [2.05, 4.69) is 10.0 Å². The van der Waals surface area contributed by atoms with E-state index in [0.29, 0.717) is 6.54 Å². The van der Waals surface area contributed by atoms with Crippen molar-refractivity contribution in [2.75, 3.05) is 13.7 Å².